The number of hydrogen-bond donors (Lipinski definition) is 2. The van der Waals surface area contributed by atoms with Crippen LogP contribution in [0.4, 0.5) is 4.79 Å². The highest BCUT2D eigenvalue weighted by molar-refractivity contribution is 6.08. The smallest absolute Gasteiger partial charge is 0.347 e. The van der Waals surface area contributed by atoms with Crippen molar-refractivity contribution in [3.05, 3.63) is 107 Å². The molecule has 1 fully saturated rings. The van der Waals surface area contributed by atoms with Crippen molar-refractivity contribution in [1.82, 2.24) is 14.9 Å². The second-order valence-corrected chi connectivity index (χ2v) is 9.46. The lowest BCUT2D eigenvalue weighted by Gasteiger charge is -2.32. The van der Waals surface area contributed by atoms with Crippen molar-refractivity contribution in [2.24, 2.45) is 5.11 Å². The van der Waals surface area contributed by atoms with Crippen LogP contribution in [0.25, 0.3) is 0 Å². The standard InChI is InChI=1S/C29H29N5O5/c1-20(35)33(19-25(26(36)37)23-11-7-4-8-12-23)34-27(38)29(2,24-15-13-21(14-16-24)17-31-30)32(28(34)39)18-22-9-5-3-6-10-22/h3-16,25,30H,17-19H2,1-2H3,(H,36,37)/t25-,29+/m0/s1. The predicted molar refractivity (Wildman–Crippen MR) is 141 cm³/mol. The molecule has 1 saturated heterocycles. The number of benzene rings is 3. The summed E-state index contributed by atoms with van der Waals surface area (Å²) in [5, 5.41) is 15.1. The van der Waals surface area contributed by atoms with Crippen molar-refractivity contribution in [2.75, 3.05) is 6.54 Å². The summed E-state index contributed by atoms with van der Waals surface area (Å²) in [7, 11) is 0. The van der Waals surface area contributed by atoms with Crippen LogP contribution in [0.2, 0.25) is 0 Å². The number of hydrogen-bond acceptors (Lipinski definition) is 6. The number of carboxylic acid groups (broad SMARTS) is 1. The van der Waals surface area contributed by atoms with E-state index in [0.29, 0.717) is 11.1 Å². The van der Waals surface area contributed by atoms with Gasteiger partial charge in [-0.3, -0.25) is 19.3 Å². The van der Waals surface area contributed by atoms with Crippen molar-refractivity contribution < 1.29 is 24.3 Å². The molecule has 2 N–H and O–H groups in total. The highest BCUT2D eigenvalue weighted by Crippen LogP contribution is 2.40. The van der Waals surface area contributed by atoms with Crippen molar-refractivity contribution >= 4 is 23.8 Å². The average molecular weight is 528 g/mol. The van der Waals surface area contributed by atoms with Crippen molar-refractivity contribution in [2.45, 2.75) is 38.4 Å². The molecular weight excluding hydrogens is 498 g/mol. The molecule has 1 heterocycles. The van der Waals surface area contributed by atoms with E-state index in [1.54, 1.807) is 61.5 Å². The average Bonchev–Trinajstić information content (AvgIpc) is 3.11. The molecule has 1 aliphatic rings. The molecule has 1 aliphatic heterocycles. The number of carbonyl (C=O) groups is 4. The molecule has 0 spiro atoms. The third-order valence-corrected chi connectivity index (χ3v) is 6.98. The number of rotatable bonds is 10. The van der Waals surface area contributed by atoms with E-state index in [2.05, 4.69) is 5.11 Å². The van der Waals surface area contributed by atoms with E-state index in [1.807, 2.05) is 30.3 Å². The molecule has 2 atom stereocenters. The Morgan fingerprint density at radius 3 is 2.08 bits per heavy atom. The lowest BCUT2D eigenvalue weighted by atomic mass is 9.89. The Hall–Kier alpha value is -4.86. The third kappa shape index (κ3) is 5.26. The van der Waals surface area contributed by atoms with Gasteiger partial charge in [0.05, 0.1) is 13.1 Å². The zero-order valence-electron chi connectivity index (χ0n) is 21.7. The van der Waals surface area contributed by atoms with Crippen LogP contribution in [0, 0.1) is 5.53 Å². The molecule has 200 valence electrons. The van der Waals surface area contributed by atoms with E-state index >= 15 is 0 Å². The minimum atomic E-state index is -1.50. The Morgan fingerprint density at radius 2 is 1.54 bits per heavy atom. The summed E-state index contributed by atoms with van der Waals surface area (Å²) in [6, 6.07) is 23.7. The topological polar surface area (TPSA) is 134 Å². The number of hydrazine groups is 1. The minimum Gasteiger partial charge on any atom is -0.481 e. The molecule has 4 amide bonds. The molecule has 0 unspecified atom stereocenters. The van der Waals surface area contributed by atoms with Gasteiger partial charge in [0.1, 0.15) is 11.5 Å². The number of carbonyl (C=O) groups excluding carboxylic acids is 3. The second-order valence-electron chi connectivity index (χ2n) is 9.46. The van der Waals surface area contributed by atoms with Gasteiger partial charge >= 0.3 is 12.0 Å². The Bertz CT molecular complexity index is 1380. The van der Waals surface area contributed by atoms with Crippen molar-refractivity contribution in [3.63, 3.8) is 0 Å². The SMILES string of the molecule is CC(=O)N(C[C@H](C(=O)O)c1ccccc1)N1C(=O)N(Cc2ccccc2)[C@](C)(c2ccc(CN=N)cc2)C1=O. The van der Waals surface area contributed by atoms with Crippen LogP contribution in [0.5, 0.6) is 0 Å². The summed E-state index contributed by atoms with van der Waals surface area (Å²) in [5.74, 6) is -3.67. The Kier molecular flexibility index (Phi) is 7.85. The molecule has 0 saturated carbocycles. The molecule has 39 heavy (non-hydrogen) atoms. The largest absolute Gasteiger partial charge is 0.481 e. The number of imide groups is 1. The van der Waals surface area contributed by atoms with Gasteiger partial charge in [0.15, 0.2) is 0 Å². The summed E-state index contributed by atoms with van der Waals surface area (Å²) in [6.45, 7) is 2.66. The first kappa shape index (κ1) is 27.2. The monoisotopic (exact) mass is 527 g/mol. The molecule has 0 aliphatic carbocycles. The maximum atomic E-state index is 14.2. The van der Waals surface area contributed by atoms with Crippen LogP contribution < -0.4 is 0 Å². The molecule has 3 aromatic carbocycles. The molecule has 10 heteroatoms. The van der Waals surface area contributed by atoms with Crippen LogP contribution in [0.3, 0.4) is 0 Å². The summed E-state index contributed by atoms with van der Waals surface area (Å²) in [6.07, 6.45) is 0. The summed E-state index contributed by atoms with van der Waals surface area (Å²) in [4.78, 5) is 54.6. The van der Waals surface area contributed by atoms with E-state index in [0.717, 1.165) is 21.1 Å². The van der Waals surface area contributed by atoms with Crippen LogP contribution in [0.1, 0.15) is 42.0 Å². The highest BCUT2D eigenvalue weighted by Gasteiger charge is 2.58. The Balaban J connectivity index is 1.78. The summed E-state index contributed by atoms with van der Waals surface area (Å²) in [5.41, 5.74) is 8.10. The minimum absolute atomic E-state index is 0.0784. The third-order valence-electron chi connectivity index (χ3n) is 6.98. The first-order valence-corrected chi connectivity index (χ1v) is 12.4. The van der Waals surface area contributed by atoms with Gasteiger partial charge in [0.2, 0.25) is 5.91 Å². The number of aliphatic carboxylic acids is 1. The van der Waals surface area contributed by atoms with E-state index in [1.165, 1.54) is 11.8 Å². The number of nitrogens with one attached hydrogen (secondary N) is 1. The zero-order chi connectivity index (χ0) is 28.2. The predicted octanol–water partition coefficient (Wildman–Crippen LogP) is 4.53. The van der Waals surface area contributed by atoms with Gasteiger partial charge in [-0.05, 0) is 29.2 Å². The molecular formula is C29H29N5O5. The van der Waals surface area contributed by atoms with E-state index < -0.39 is 41.8 Å². The normalized spacial score (nSPS) is 17.7. The molecule has 4 rings (SSSR count). The van der Waals surface area contributed by atoms with Gasteiger partial charge in [-0.15, -0.1) is 0 Å². The van der Waals surface area contributed by atoms with Crippen LogP contribution in [-0.2, 0) is 33.0 Å². The lowest BCUT2D eigenvalue weighted by molar-refractivity contribution is -0.158. The van der Waals surface area contributed by atoms with E-state index in [-0.39, 0.29) is 13.1 Å². The van der Waals surface area contributed by atoms with Gasteiger partial charge in [0, 0.05) is 13.5 Å². The molecule has 0 bridgehead atoms. The number of nitrogens with zero attached hydrogens (tertiary/aromatic N) is 4. The zero-order valence-corrected chi connectivity index (χ0v) is 21.7. The molecule has 10 nitrogen and oxygen atoms in total. The Labute approximate surface area is 225 Å². The number of urea groups is 1. The fourth-order valence-electron chi connectivity index (χ4n) is 4.76. The number of amides is 4. The Morgan fingerprint density at radius 1 is 0.949 bits per heavy atom. The van der Waals surface area contributed by atoms with Gasteiger partial charge in [-0.25, -0.2) is 15.3 Å². The maximum Gasteiger partial charge on any atom is 0.347 e. The van der Waals surface area contributed by atoms with Crippen LogP contribution >= 0.6 is 0 Å². The van der Waals surface area contributed by atoms with Crippen LogP contribution in [-0.4, -0.2) is 50.4 Å². The first-order chi connectivity index (χ1) is 18.7. The molecule has 3 aromatic rings. The van der Waals surface area contributed by atoms with Crippen LogP contribution in [0.15, 0.2) is 90.0 Å². The number of carboxylic acids is 1. The lowest BCUT2D eigenvalue weighted by Crippen LogP contribution is -2.52. The quantitative estimate of drug-likeness (QED) is 0.295. The van der Waals surface area contributed by atoms with Gasteiger partial charge in [0.25, 0.3) is 5.91 Å². The summed E-state index contributed by atoms with van der Waals surface area (Å²) < 4.78 is 0. The first-order valence-electron chi connectivity index (χ1n) is 12.4. The highest BCUT2D eigenvalue weighted by atomic mass is 16.4. The van der Waals surface area contributed by atoms with Gasteiger partial charge in [-0.2, -0.15) is 10.1 Å². The fourth-order valence-corrected chi connectivity index (χ4v) is 4.76. The van der Waals surface area contributed by atoms with Gasteiger partial charge in [-0.1, -0.05) is 84.9 Å². The fraction of sp³-hybridized carbons (Fsp3) is 0.241. The van der Waals surface area contributed by atoms with Gasteiger partial charge < -0.3 is 5.11 Å². The van der Waals surface area contributed by atoms with Crippen molar-refractivity contribution in [1.29, 1.82) is 5.53 Å². The molecule has 0 radical (unpaired) electrons. The summed E-state index contributed by atoms with van der Waals surface area (Å²) >= 11 is 0. The van der Waals surface area contributed by atoms with E-state index in [4.69, 9.17) is 5.53 Å². The molecule has 0 aromatic heterocycles. The maximum absolute atomic E-state index is 14.2. The van der Waals surface area contributed by atoms with E-state index in [9.17, 15) is 24.3 Å². The van der Waals surface area contributed by atoms with Crippen molar-refractivity contribution in [3.8, 4) is 0 Å². The second kappa shape index (κ2) is 11.3.